The number of carbonyl (C=O) groups is 1. The molecule has 5 nitrogen and oxygen atoms in total. The van der Waals surface area contributed by atoms with Gasteiger partial charge in [-0.1, -0.05) is 32.0 Å². The highest BCUT2D eigenvalue weighted by Gasteiger charge is 2.23. The summed E-state index contributed by atoms with van der Waals surface area (Å²) in [5.41, 5.74) is 2.54. The molecule has 0 bridgehead atoms. The molecule has 0 aliphatic carbocycles. The van der Waals surface area contributed by atoms with E-state index in [9.17, 15) is 4.79 Å². The van der Waals surface area contributed by atoms with E-state index < -0.39 is 0 Å². The van der Waals surface area contributed by atoms with Crippen LogP contribution in [0.3, 0.4) is 0 Å². The lowest BCUT2D eigenvalue weighted by Crippen LogP contribution is -2.49. The number of nitrogens with zero attached hydrogens (tertiary/aromatic N) is 2. The molecule has 0 spiro atoms. The van der Waals surface area contributed by atoms with E-state index in [-0.39, 0.29) is 12.0 Å². The van der Waals surface area contributed by atoms with Crippen LogP contribution in [-0.4, -0.2) is 62.8 Å². The third kappa shape index (κ3) is 4.48. The van der Waals surface area contributed by atoms with Crippen molar-refractivity contribution in [3.8, 4) is 0 Å². The molecule has 0 unspecified atom stereocenters. The van der Waals surface area contributed by atoms with Crippen LogP contribution in [0.1, 0.15) is 19.4 Å². The minimum atomic E-state index is 0.0799. The molecule has 1 fully saturated rings. The predicted molar refractivity (Wildman–Crippen MR) is 96.4 cm³/mol. The van der Waals surface area contributed by atoms with Crippen LogP contribution in [0, 0.1) is 5.92 Å². The van der Waals surface area contributed by atoms with Gasteiger partial charge in [0.2, 0.25) is 5.91 Å². The minimum Gasteiger partial charge on any atom is -0.374 e. The van der Waals surface area contributed by atoms with E-state index in [1.807, 2.05) is 6.07 Å². The lowest BCUT2D eigenvalue weighted by Gasteiger charge is -2.34. The van der Waals surface area contributed by atoms with E-state index >= 15 is 0 Å². The van der Waals surface area contributed by atoms with Crippen LogP contribution >= 0.6 is 0 Å². The fourth-order valence-electron chi connectivity index (χ4n) is 3.61. The summed E-state index contributed by atoms with van der Waals surface area (Å²) in [6.07, 6.45) is 1.13. The predicted octanol–water partition coefficient (Wildman–Crippen LogP) is 1.52. The van der Waals surface area contributed by atoms with Crippen molar-refractivity contribution in [2.75, 3.05) is 50.8 Å². The molecule has 1 saturated heterocycles. The summed E-state index contributed by atoms with van der Waals surface area (Å²) in [7, 11) is 0. The maximum atomic E-state index is 12.3. The van der Waals surface area contributed by atoms with Crippen LogP contribution in [0.15, 0.2) is 24.3 Å². The average molecular weight is 331 g/mol. The van der Waals surface area contributed by atoms with E-state index in [4.69, 9.17) is 4.74 Å². The van der Waals surface area contributed by atoms with E-state index in [1.165, 1.54) is 11.3 Å². The van der Waals surface area contributed by atoms with Crippen LogP contribution in [-0.2, 0) is 16.0 Å². The molecule has 1 aromatic rings. The Balaban J connectivity index is 1.43. The van der Waals surface area contributed by atoms with Crippen LogP contribution in [0.5, 0.6) is 0 Å². The number of hydrogen-bond acceptors (Lipinski definition) is 4. The summed E-state index contributed by atoms with van der Waals surface area (Å²) in [6.45, 7) is 10.2. The van der Waals surface area contributed by atoms with Gasteiger partial charge in [0.15, 0.2) is 0 Å². The second kappa shape index (κ2) is 7.99. The zero-order valence-corrected chi connectivity index (χ0v) is 14.8. The second-order valence-electron chi connectivity index (χ2n) is 7.25. The van der Waals surface area contributed by atoms with E-state index in [2.05, 4.69) is 47.2 Å². The molecule has 2 aliphatic heterocycles. The Morgan fingerprint density at radius 1 is 1.33 bits per heavy atom. The summed E-state index contributed by atoms with van der Waals surface area (Å²) >= 11 is 0. The largest absolute Gasteiger partial charge is 0.374 e. The van der Waals surface area contributed by atoms with Gasteiger partial charge in [-0.3, -0.25) is 9.69 Å². The van der Waals surface area contributed by atoms with Crippen molar-refractivity contribution in [2.45, 2.75) is 26.4 Å². The highest BCUT2D eigenvalue weighted by molar-refractivity contribution is 5.82. The quantitative estimate of drug-likeness (QED) is 0.858. The lowest BCUT2D eigenvalue weighted by molar-refractivity contribution is -0.121. The molecule has 0 saturated carbocycles. The third-order valence-corrected chi connectivity index (χ3v) is 4.69. The van der Waals surface area contributed by atoms with E-state index in [0.717, 1.165) is 39.2 Å². The average Bonchev–Trinajstić information content (AvgIpc) is 2.96. The fourth-order valence-corrected chi connectivity index (χ4v) is 3.61. The first kappa shape index (κ1) is 17.2. The zero-order valence-electron chi connectivity index (χ0n) is 14.8. The lowest BCUT2D eigenvalue weighted by atomic mass is 10.2. The van der Waals surface area contributed by atoms with Crippen LogP contribution in [0.25, 0.3) is 0 Å². The molecular formula is C19H29N3O2. The number of carbonyl (C=O) groups excluding carboxylic acids is 1. The molecule has 1 aromatic carbocycles. The number of amides is 1. The van der Waals surface area contributed by atoms with Crippen molar-refractivity contribution in [2.24, 2.45) is 5.92 Å². The van der Waals surface area contributed by atoms with Gasteiger partial charge in [0.05, 0.1) is 19.3 Å². The number of rotatable bonds is 6. The number of fused-ring (bicyclic) bond motifs is 1. The molecule has 3 rings (SSSR count). The molecule has 24 heavy (non-hydrogen) atoms. The molecule has 1 atom stereocenters. The van der Waals surface area contributed by atoms with Crippen molar-refractivity contribution in [3.63, 3.8) is 0 Å². The molecule has 5 heteroatoms. The normalized spacial score (nSPS) is 21.1. The number of nitrogens with one attached hydrogen (secondary N) is 1. The van der Waals surface area contributed by atoms with Crippen LogP contribution < -0.4 is 10.2 Å². The maximum absolute atomic E-state index is 12.3. The van der Waals surface area contributed by atoms with Crippen molar-refractivity contribution >= 4 is 11.6 Å². The van der Waals surface area contributed by atoms with Gasteiger partial charge in [-0.05, 0) is 24.0 Å². The Hall–Kier alpha value is -1.59. The van der Waals surface area contributed by atoms with Gasteiger partial charge in [-0.2, -0.15) is 0 Å². The van der Waals surface area contributed by atoms with E-state index in [0.29, 0.717) is 19.0 Å². The third-order valence-electron chi connectivity index (χ3n) is 4.69. The summed E-state index contributed by atoms with van der Waals surface area (Å²) in [5, 5.41) is 3.05. The fraction of sp³-hybridized carbons (Fsp3) is 0.632. The van der Waals surface area contributed by atoms with Gasteiger partial charge in [-0.15, -0.1) is 0 Å². The molecular weight excluding hydrogens is 302 g/mol. The number of benzene rings is 1. The first-order chi connectivity index (χ1) is 11.6. The smallest absolute Gasteiger partial charge is 0.239 e. The van der Waals surface area contributed by atoms with Crippen LogP contribution in [0.4, 0.5) is 5.69 Å². The first-order valence-corrected chi connectivity index (χ1v) is 9.05. The zero-order chi connectivity index (χ0) is 16.9. The van der Waals surface area contributed by atoms with E-state index in [1.54, 1.807) is 0 Å². The number of ether oxygens (including phenoxy) is 1. The number of morpholine rings is 1. The number of para-hydroxylation sites is 1. The Bertz CT molecular complexity index is 561. The minimum absolute atomic E-state index is 0.0799. The van der Waals surface area contributed by atoms with Crippen LogP contribution in [0.2, 0.25) is 0 Å². The molecule has 2 aliphatic rings. The standard InChI is InChI=1S/C19H29N3O2/c1-15(2)12-21-9-10-24-17(13-21)11-20-19(23)14-22-8-7-16-5-3-4-6-18(16)22/h3-6,15,17H,7-14H2,1-2H3,(H,20,23)/t17-/m1/s1. The Kier molecular flexibility index (Phi) is 5.74. The second-order valence-corrected chi connectivity index (χ2v) is 7.25. The molecule has 0 radical (unpaired) electrons. The summed E-state index contributed by atoms with van der Waals surface area (Å²) < 4.78 is 5.80. The molecule has 2 heterocycles. The van der Waals surface area contributed by atoms with Crippen molar-refractivity contribution in [1.29, 1.82) is 0 Å². The van der Waals surface area contributed by atoms with Gasteiger partial charge < -0.3 is 15.0 Å². The topological polar surface area (TPSA) is 44.8 Å². The highest BCUT2D eigenvalue weighted by Crippen LogP contribution is 2.26. The van der Waals surface area contributed by atoms with Crippen molar-refractivity contribution < 1.29 is 9.53 Å². The Morgan fingerprint density at radius 3 is 3.00 bits per heavy atom. The highest BCUT2D eigenvalue weighted by atomic mass is 16.5. The van der Waals surface area contributed by atoms with Crippen molar-refractivity contribution in [3.05, 3.63) is 29.8 Å². The Labute approximate surface area is 145 Å². The van der Waals surface area contributed by atoms with Gasteiger partial charge >= 0.3 is 0 Å². The number of anilines is 1. The van der Waals surface area contributed by atoms with Gasteiger partial charge in [0.25, 0.3) is 0 Å². The monoisotopic (exact) mass is 331 g/mol. The molecule has 1 amide bonds. The van der Waals surface area contributed by atoms with Gasteiger partial charge in [-0.25, -0.2) is 0 Å². The maximum Gasteiger partial charge on any atom is 0.239 e. The Morgan fingerprint density at radius 2 is 2.17 bits per heavy atom. The molecule has 1 N–H and O–H groups in total. The first-order valence-electron chi connectivity index (χ1n) is 9.05. The molecule has 0 aromatic heterocycles. The SMILES string of the molecule is CC(C)CN1CCO[C@H](CNC(=O)CN2CCc3ccccc32)C1. The molecule has 132 valence electrons. The van der Waals surface area contributed by atoms with Crippen molar-refractivity contribution in [1.82, 2.24) is 10.2 Å². The number of hydrogen-bond donors (Lipinski definition) is 1. The van der Waals surface area contributed by atoms with Gasteiger partial charge in [0, 0.05) is 38.4 Å². The summed E-state index contributed by atoms with van der Waals surface area (Å²) in [4.78, 5) is 16.9. The summed E-state index contributed by atoms with van der Waals surface area (Å²) in [5.74, 6) is 0.741. The van der Waals surface area contributed by atoms with Gasteiger partial charge in [0.1, 0.15) is 0 Å². The summed E-state index contributed by atoms with van der Waals surface area (Å²) in [6, 6.07) is 8.34.